The molecule has 6 nitrogen and oxygen atoms in total. The van der Waals surface area contributed by atoms with E-state index in [1.54, 1.807) is 0 Å². The van der Waals surface area contributed by atoms with Crippen molar-refractivity contribution in [2.45, 2.75) is 32.1 Å². The average Bonchev–Trinajstić information content (AvgIpc) is 2.83. The summed E-state index contributed by atoms with van der Waals surface area (Å²) < 4.78 is 0. The molecule has 1 aliphatic rings. The van der Waals surface area contributed by atoms with E-state index in [1.165, 1.54) is 12.6 Å². The number of carbonyl (C=O) groups is 1. The van der Waals surface area contributed by atoms with Gasteiger partial charge < -0.3 is 16.2 Å². The lowest BCUT2D eigenvalue weighted by molar-refractivity contribution is 0.0718. The Morgan fingerprint density at radius 1 is 1.50 bits per heavy atom. The predicted octanol–water partition coefficient (Wildman–Crippen LogP) is 0.664. The first-order valence-electron chi connectivity index (χ1n) is 6.35. The summed E-state index contributed by atoms with van der Waals surface area (Å²) in [5.41, 5.74) is 5.79. The van der Waals surface area contributed by atoms with Crippen molar-refractivity contribution in [1.82, 2.24) is 15.5 Å². The molecule has 1 fully saturated rings. The highest BCUT2D eigenvalue weighted by Gasteiger charge is 2.32. The molecule has 6 heteroatoms. The minimum Gasteiger partial charge on any atom is -0.396 e. The van der Waals surface area contributed by atoms with Crippen molar-refractivity contribution in [2.75, 3.05) is 18.9 Å². The number of nitrogens with zero attached hydrogens (tertiary/aromatic N) is 1. The van der Waals surface area contributed by atoms with Crippen molar-refractivity contribution in [2.24, 2.45) is 5.41 Å². The zero-order chi connectivity index (χ0) is 13.0. The van der Waals surface area contributed by atoms with Gasteiger partial charge >= 0.3 is 0 Å². The van der Waals surface area contributed by atoms with Gasteiger partial charge in [-0.3, -0.25) is 9.89 Å². The van der Waals surface area contributed by atoms with E-state index in [4.69, 9.17) is 5.73 Å². The summed E-state index contributed by atoms with van der Waals surface area (Å²) >= 11 is 0. The summed E-state index contributed by atoms with van der Waals surface area (Å²) in [4.78, 5) is 11.9. The number of rotatable bonds is 4. The minimum atomic E-state index is -0.236. The molecule has 0 aliphatic heterocycles. The Hall–Kier alpha value is -1.56. The maximum absolute atomic E-state index is 11.9. The zero-order valence-electron chi connectivity index (χ0n) is 10.4. The van der Waals surface area contributed by atoms with Crippen LogP contribution in [0, 0.1) is 5.41 Å². The molecule has 1 amide bonds. The van der Waals surface area contributed by atoms with Gasteiger partial charge in [-0.15, -0.1) is 0 Å². The molecule has 0 atom stereocenters. The molecule has 2 rings (SSSR count). The van der Waals surface area contributed by atoms with E-state index in [9.17, 15) is 9.90 Å². The van der Waals surface area contributed by atoms with Crippen LogP contribution in [0.2, 0.25) is 0 Å². The first-order valence-corrected chi connectivity index (χ1v) is 6.35. The largest absolute Gasteiger partial charge is 0.396 e. The molecule has 1 aliphatic carbocycles. The van der Waals surface area contributed by atoms with Crippen LogP contribution in [0.5, 0.6) is 0 Å². The van der Waals surface area contributed by atoms with Gasteiger partial charge in [0, 0.05) is 12.0 Å². The second-order valence-electron chi connectivity index (χ2n) is 5.10. The first-order chi connectivity index (χ1) is 8.67. The number of aliphatic hydroxyl groups is 1. The number of aromatic nitrogens is 2. The monoisotopic (exact) mass is 252 g/mol. The van der Waals surface area contributed by atoms with Crippen LogP contribution in [0.4, 0.5) is 5.82 Å². The normalized spacial score (nSPS) is 18.5. The van der Waals surface area contributed by atoms with E-state index in [2.05, 4.69) is 15.5 Å². The third kappa shape index (κ3) is 2.64. The maximum Gasteiger partial charge on any atom is 0.256 e. The molecule has 0 unspecified atom stereocenters. The Balaban J connectivity index is 1.94. The lowest BCUT2D eigenvalue weighted by atomic mass is 9.74. The number of amides is 1. The van der Waals surface area contributed by atoms with E-state index < -0.39 is 0 Å². The summed E-state index contributed by atoms with van der Waals surface area (Å²) in [6, 6.07) is 0. The molecule has 0 saturated heterocycles. The van der Waals surface area contributed by atoms with E-state index in [0.717, 1.165) is 25.7 Å². The van der Waals surface area contributed by atoms with Crippen LogP contribution in [0.25, 0.3) is 0 Å². The summed E-state index contributed by atoms with van der Waals surface area (Å²) in [7, 11) is 0. The Morgan fingerprint density at radius 3 is 2.78 bits per heavy atom. The first kappa shape index (κ1) is 12.9. The van der Waals surface area contributed by atoms with Gasteiger partial charge in [-0.25, -0.2) is 0 Å². The molecule has 0 bridgehead atoms. The Labute approximate surface area is 106 Å². The molecule has 1 heterocycles. The number of hydrogen-bond donors (Lipinski definition) is 4. The van der Waals surface area contributed by atoms with Crippen molar-refractivity contribution in [3.05, 3.63) is 11.8 Å². The molecular weight excluding hydrogens is 232 g/mol. The fraction of sp³-hybridized carbons (Fsp3) is 0.667. The zero-order valence-corrected chi connectivity index (χ0v) is 10.4. The molecule has 0 aromatic carbocycles. The molecule has 1 saturated carbocycles. The predicted molar refractivity (Wildman–Crippen MR) is 67.9 cm³/mol. The van der Waals surface area contributed by atoms with Gasteiger partial charge in [-0.1, -0.05) is 19.3 Å². The highest BCUT2D eigenvalue weighted by atomic mass is 16.3. The Kier molecular flexibility index (Phi) is 3.86. The van der Waals surface area contributed by atoms with Gasteiger partial charge in [-0.2, -0.15) is 5.10 Å². The molecule has 5 N–H and O–H groups in total. The number of carbonyl (C=O) groups excluding carboxylic acids is 1. The maximum atomic E-state index is 11.9. The summed E-state index contributed by atoms with van der Waals surface area (Å²) in [5.74, 6) is 0.0360. The molecule has 1 aromatic heterocycles. The van der Waals surface area contributed by atoms with Gasteiger partial charge in [0.2, 0.25) is 0 Å². The van der Waals surface area contributed by atoms with Crippen molar-refractivity contribution < 1.29 is 9.90 Å². The fourth-order valence-corrected chi connectivity index (χ4v) is 2.53. The van der Waals surface area contributed by atoms with Gasteiger partial charge in [0.1, 0.15) is 11.4 Å². The van der Waals surface area contributed by atoms with E-state index >= 15 is 0 Å². The number of aliphatic hydroxyl groups excluding tert-OH is 1. The summed E-state index contributed by atoms with van der Waals surface area (Å²) in [6.07, 6.45) is 6.78. The van der Waals surface area contributed by atoms with Gasteiger partial charge in [-0.05, 0) is 12.8 Å². The third-order valence-corrected chi connectivity index (χ3v) is 3.79. The molecule has 100 valence electrons. The number of nitrogens with one attached hydrogen (secondary N) is 2. The number of anilines is 1. The third-order valence-electron chi connectivity index (χ3n) is 3.79. The lowest BCUT2D eigenvalue weighted by Gasteiger charge is -2.35. The van der Waals surface area contributed by atoms with Gasteiger partial charge in [0.15, 0.2) is 0 Å². The number of hydrogen-bond acceptors (Lipinski definition) is 4. The molecule has 0 radical (unpaired) electrons. The van der Waals surface area contributed by atoms with E-state index in [0.29, 0.717) is 12.1 Å². The fourth-order valence-electron chi connectivity index (χ4n) is 2.53. The highest BCUT2D eigenvalue weighted by molar-refractivity contribution is 5.98. The minimum absolute atomic E-state index is 0.119. The van der Waals surface area contributed by atoms with Crippen LogP contribution in [0.15, 0.2) is 6.20 Å². The van der Waals surface area contributed by atoms with Crippen LogP contribution in [0.3, 0.4) is 0 Å². The summed E-state index contributed by atoms with van der Waals surface area (Å²) in [5, 5.41) is 18.6. The van der Waals surface area contributed by atoms with E-state index in [1.807, 2.05) is 0 Å². The lowest BCUT2D eigenvalue weighted by Crippen LogP contribution is -2.41. The van der Waals surface area contributed by atoms with Crippen LogP contribution in [-0.4, -0.2) is 34.4 Å². The SMILES string of the molecule is Nc1[nH]ncc1C(=O)NCC1(CO)CCCCC1. The van der Waals surface area contributed by atoms with Crippen molar-refractivity contribution in [3.8, 4) is 0 Å². The van der Waals surface area contributed by atoms with Crippen LogP contribution < -0.4 is 11.1 Å². The quantitative estimate of drug-likeness (QED) is 0.632. The molecular formula is C12H20N4O2. The number of H-pyrrole nitrogens is 1. The van der Waals surface area contributed by atoms with Crippen molar-refractivity contribution in [3.63, 3.8) is 0 Å². The second-order valence-corrected chi connectivity index (χ2v) is 5.10. The van der Waals surface area contributed by atoms with Crippen LogP contribution in [0.1, 0.15) is 42.5 Å². The molecule has 1 aromatic rings. The van der Waals surface area contributed by atoms with Gasteiger partial charge in [0.25, 0.3) is 5.91 Å². The Bertz CT molecular complexity index is 410. The Morgan fingerprint density at radius 2 is 2.22 bits per heavy atom. The van der Waals surface area contributed by atoms with Gasteiger partial charge in [0.05, 0.1) is 12.8 Å². The number of nitrogens with two attached hydrogens (primary N) is 1. The second kappa shape index (κ2) is 5.39. The topological polar surface area (TPSA) is 104 Å². The summed E-state index contributed by atoms with van der Waals surface area (Å²) in [6.45, 7) is 0.612. The number of nitrogen functional groups attached to an aromatic ring is 1. The standard InChI is InChI=1S/C12H20N4O2/c13-10-9(6-15-16-10)11(18)14-7-12(8-17)4-2-1-3-5-12/h6,17H,1-5,7-8H2,(H,14,18)(H3,13,15,16). The van der Waals surface area contributed by atoms with Crippen LogP contribution >= 0.6 is 0 Å². The highest BCUT2D eigenvalue weighted by Crippen LogP contribution is 2.35. The smallest absolute Gasteiger partial charge is 0.256 e. The molecule has 18 heavy (non-hydrogen) atoms. The molecule has 0 spiro atoms. The number of aromatic amines is 1. The average molecular weight is 252 g/mol. The van der Waals surface area contributed by atoms with Crippen molar-refractivity contribution >= 4 is 11.7 Å². The van der Waals surface area contributed by atoms with E-state index in [-0.39, 0.29) is 23.7 Å². The van der Waals surface area contributed by atoms with Crippen molar-refractivity contribution in [1.29, 1.82) is 0 Å². The van der Waals surface area contributed by atoms with Crippen LogP contribution in [-0.2, 0) is 0 Å².